The van der Waals surface area contributed by atoms with Crippen molar-refractivity contribution in [1.29, 1.82) is 0 Å². The summed E-state index contributed by atoms with van der Waals surface area (Å²) in [6.07, 6.45) is -0.142. The normalized spacial score (nSPS) is 16.2. The third-order valence-corrected chi connectivity index (χ3v) is 7.32. The lowest BCUT2D eigenvalue weighted by Crippen LogP contribution is -2.29. The standard InChI is InChI=1S/C18H20N2O6S2/c1-12-8-13(2)10-14(9-12)19-28(24,25)17-11-15(4-5-16(17)26-3)20-18(21)6-7-27(20,22)23/h4-5,8-11,19H,6-7H2,1-3H3. The number of carbonyl (C=O) groups is 1. The van der Waals surface area contributed by atoms with Crippen molar-refractivity contribution in [3.05, 3.63) is 47.5 Å². The monoisotopic (exact) mass is 424 g/mol. The molecule has 2 aromatic carbocycles. The predicted molar refractivity (Wildman–Crippen MR) is 106 cm³/mol. The molecule has 1 amide bonds. The van der Waals surface area contributed by atoms with Crippen LogP contribution < -0.4 is 13.8 Å². The Morgan fingerprint density at radius 3 is 2.25 bits per heavy atom. The van der Waals surface area contributed by atoms with Crippen molar-refractivity contribution in [1.82, 2.24) is 0 Å². The van der Waals surface area contributed by atoms with Crippen LogP contribution in [0.4, 0.5) is 11.4 Å². The molecular formula is C18H20N2O6S2. The van der Waals surface area contributed by atoms with Gasteiger partial charge in [-0.1, -0.05) is 6.07 Å². The molecule has 0 radical (unpaired) electrons. The lowest BCUT2D eigenvalue weighted by Gasteiger charge is -2.18. The van der Waals surface area contributed by atoms with Gasteiger partial charge in [0.15, 0.2) is 0 Å². The van der Waals surface area contributed by atoms with Gasteiger partial charge in [0, 0.05) is 12.1 Å². The van der Waals surface area contributed by atoms with Crippen LogP contribution in [0.15, 0.2) is 41.3 Å². The molecule has 0 unspecified atom stereocenters. The van der Waals surface area contributed by atoms with E-state index in [1.54, 1.807) is 12.1 Å². The van der Waals surface area contributed by atoms with Crippen LogP contribution in [0.1, 0.15) is 17.5 Å². The van der Waals surface area contributed by atoms with E-state index in [0.717, 1.165) is 17.2 Å². The van der Waals surface area contributed by atoms with Gasteiger partial charge in [-0.25, -0.2) is 21.1 Å². The van der Waals surface area contributed by atoms with Crippen LogP contribution in [0.25, 0.3) is 0 Å². The summed E-state index contributed by atoms with van der Waals surface area (Å²) in [6.45, 7) is 3.69. The fourth-order valence-electron chi connectivity index (χ4n) is 3.11. The molecule has 1 aliphatic rings. The number of methoxy groups -OCH3 is 1. The molecule has 1 saturated heterocycles. The molecule has 0 saturated carbocycles. The Hall–Kier alpha value is -2.59. The van der Waals surface area contributed by atoms with Gasteiger partial charge in [-0.15, -0.1) is 0 Å². The molecule has 0 spiro atoms. The molecule has 1 N–H and O–H groups in total. The molecule has 2 aromatic rings. The molecule has 10 heteroatoms. The fraction of sp³-hybridized carbons (Fsp3) is 0.278. The van der Waals surface area contributed by atoms with Crippen LogP contribution in [0.5, 0.6) is 5.75 Å². The van der Waals surface area contributed by atoms with Crippen molar-refractivity contribution in [3.63, 3.8) is 0 Å². The van der Waals surface area contributed by atoms with E-state index in [4.69, 9.17) is 4.74 Å². The van der Waals surface area contributed by atoms with Crippen LogP contribution in [-0.4, -0.2) is 35.6 Å². The summed E-state index contributed by atoms with van der Waals surface area (Å²) in [5, 5.41) is 0. The van der Waals surface area contributed by atoms with Gasteiger partial charge in [0.2, 0.25) is 15.9 Å². The largest absolute Gasteiger partial charge is 0.495 e. The highest BCUT2D eigenvalue weighted by Crippen LogP contribution is 2.33. The Morgan fingerprint density at radius 1 is 1.07 bits per heavy atom. The maximum atomic E-state index is 13.0. The smallest absolute Gasteiger partial charge is 0.265 e. The number of hydrogen-bond acceptors (Lipinski definition) is 6. The van der Waals surface area contributed by atoms with Gasteiger partial charge in [0.1, 0.15) is 10.6 Å². The van der Waals surface area contributed by atoms with Gasteiger partial charge in [-0.3, -0.25) is 9.52 Å². The highest BCUT2D eigenvalue weighted by Gasteiger charge is 2.37. The number of ether oxygens (including phenoxy) is 1. The second-order valence-electron chi connectivity index (χ2n) is 6.54. The molecule has 3 rings (SSSR count). The Labute approximate surface area is 164 Å². The van der Waals surface area contributed by atoms with E-state index in [-0.39, 0.29) is 28.5 Å². The molecule has 0 bridgehead atoms. The Balaban J connectivity index is 2.08. The van der Waals surface area contributed by atoms with E-state index in [1.807, 2.05) is 19.9 Å². The summed E-state index contributed by atoms with van der Waals surface area (Å²) >= 11 is 0. The topological polar surface area (TPSA) is 110 Å². The average Bonchev–Trinajstić information content (AvgIpc) is 2.86. The van der Waals surface area contributed by atoms with Crippen LogP contribution in [0.2, 0.25) is 0 Å². The van der Waals surface area contributed by atoms with Crippen molar-refractivity contribution in [2.24, 2.45) is 0 Å². The van der Waals surface area contributed by atoms with Gasteiger partial charge in [-0.05, 0) is 55.3 Å². The van der Waals surface area contributed by atoms with E-state index in [2.05, 4.69) is 4.72 Å². The number of aryl methyl sites for hydroxylation is 2. The lowest BCUT2D eigenvalue weighted by atomic mass is 10.1. The molecule has 1 aliphatic heterocycles. The molecule has 0 aromatic heterocycles. The molecular weight excluding hydrogens is 404 g/mol. The van der Waals surface area contributed by atoms with Gasteiger partial charge in [0.05, 0.1) is 18.6 Å². The van der Waals surface area contributed by atoms with Crippen LogP contribution in [0, 0.1) is 13.8 Å². The molecule has 0 atom stereocenters. The van der Waals surface area contributed by atoms with E-state index < -0.39 is 26.0 Å². The SMILES string of the molecule is COc1ccc(N2C(=O)CCS2(=O)=O)cc1S(=O)(=O)Nc1cc(C)cc(C)c1. The first kappa shape index (κ1) is 20.2. The first-order valence-corrected chi connectivity index (χ1v) is 11.5. The van der Waals surface area contributed by atoms with Crippen molar-refractivity contribution >= 4 is 37.3 Å². The highest BCUT2D eigenvalue weighted by molar-refractivity contribution is 7.94. The first-order valence-electron chi connectivity index (χ1n) is 8.38. The lowest BCUT2D eigenvalue weighted by molar-refractivity contribution is -0.116. The predicted octanol–water partition coefficient (Wildman–Crippen LogP) is 2.18. The number of nitrogens with one attached hydrogen (secondary N) is 1. The van der Waals surface area contributed by atoms with E-state index in [1.165, 1.54) is 19.2 Å². The van der Waals surface area contributed by atoms with Crippen LogP contribution in [0.3, 0.4) is 0 Å². The van der Waals surface area contributed by atoms with Gasteiger partial charge in [0.25, 0.3) is 10.0 Å². The molecule has 1 heterocycles. The van der Waals surface area contributed by atoms with Crippen molar-refractivity contribution in [3.8, 4) is 5.75 Å². The molecule has 150 valence electrons. The Kier molecular flexibility index (Phi) is 5.11. The molecule has 1 fully saturated rings. The highest BCUT2D eigenvalue weighted by atomic mass is 32.2. The van der Waals surface area contributed by atoms with Crippen LogP contribution in [-0.2, 0) is 24.8 Å². The van der Waals surface area contributed by atoms with Crippen molar-refractivity contribution < 1.29 is 26.4 Å². The van der Waals surface area contributed by atoms with E-state index in [0.29, 0.717) is 9.99 Å². The number of sulfonamides is 2. The second-order valence-corrected chi connectivity index (χ2v) is 10.1. The first-order chi connectivity index (χ1) is 13.0. The quantitative estimate of drug-likeness (QED) is 0.788. The maximum Gasteiger partial charge on any atom is 0.265 e. The number of rotatable bonds is 5. The number of carbonyl (C=O) groups excluding carboxylic acids is 1. The maximum absolute atomic E-state index is 13.0. The zero-order valence-electron chi connectivity index (χ0n) is 15.6. The zero-order valence-corrected chi connectivity index (χ0v) is 17.2. The number of hydrogen-bond donors (Lipinski definition) is 1. The zero-order chi connectivity index (χ0) is 20.7. The third kappa shape index (κ3) is 3.83. The minimum Gasteiger partial charge on any atom is -0.495 e. The van der Waals surface area contributed by atoms with E-state index >= 15 is 0 Å². The number of amides is 1. The van der Waals surface area contributed by atoms with Crippen molar-refractivity contribution in [2.45, 2.75) is 25.2 Å². The summed E-state index contributed by atoms with van der Waals surface area (Å²) in [7, 11) is -6.61. The third-order valence-electron chi connectivity index (χ3n) is 4.22. The Morgan fingerprint density at radius 2 is 1.71 bits per heavy atom. The fourth-order valence-corrected chi connectivity index (χ4v) is 5.80. The summed E-state index contributed by atoms with van der Waals surface area (Å²) in [5.74, 6) is -0.874. The number of nitrogens with zero attached hydrogens (tertiary/aromatic N) is 1. The minimum atomic E-state index is -4.10. The van der Waals surface area contributed by atoms with Gasteiger partial charge in [-0.2, -0.15) is 0 Å². The summed E-state index contributed by atoms with van der Waals surface area (Å²) in [6, 6.07) is 9.06. The molecule has 28 heavy (non-hydrogen) atoms. The minimum absolute atomic E-state index is 0.0321. The van der Waals surface area contributed by atoms with Gasteiger partial charge < -0.3 is 4.74 Å². The summed E-state index contributed by atoms with van der Waals surface area (Å²) < 4.78 is 58.5. The van der Waals surface area contributed by atoms with Crippen LogP contribution >= 0.6 is 0 Å². The number of anilines is 2. The summed E-state index contributed by atoms with van der Waals surface area (Å²) in [5.41, 5.74) is 2.10. The van der Waals surface area contributed by atoms with Crippen molar-refractivity contribution in [2.75, 3.05) is 21.9 Å². The van der Waals surface area contributed by atoms with Gasteiger partial charge >= 0.3 is 0 Å². The average molecular weight is 425 g/mol. The molecule has 8 nitrogen and oxygen atoms in total. The van der Waals surface area contributed by atoms with E-state index in [9.17, 15) is 21.6 Å². The molecule has 0 aliphatic carbocycles. The summed E-state index contributed by atoms with van der Waals surface area (Å²) in [4.78, 5) is 11.8. The second kappa shape index (κ2) is 7.10. The number of benzene rings is 2. The Bertz CT molecular complexity index is 1140.